The zero-order valence-electron chi connectivity index (χ0n) is 8.02. The molecule has 0 saturated carbocycles. The molecule has 74 valence electrons. The van der Waals surface area contributed by atoms with E-state index in [1.54, 1.807) is 19.1 Å². The van der Waals surface area contributed by atoms with Gasteiger partial charge >= 0.3 is 5.97 Å². The highest BCUT2D eigenvalue weighted by Gasteiger charge is 2.21. The van der Waals surface area contributed by atoms with Crippen LogP contribution in [-0.2, 0) is 4.79 Å². The number of rotatable bonds is 3. The number of hydrogen-bond acceptors (Lipinski definition) is 3. The fourth-order valence-electron chi connectivity index (χ4n) is 0.976. The summed E-state index contributed by atoms with van der Waals surface area (Å²) in [5.74, 6) is -2.54. The predicted molar refractivity (Wildman–Crippen MR) is 50.1 cm³/mol. The molecule has 0 fully saturated rings. The third-order valence-electron chi connectivity index (χ3n) is 1.96. The Kier molecular flexibility index (Phi) is 2.96. The highest BCUT2D eigenvalue weighted by Crippen LogP contribution is 2.08. The fourth-order valence-corrected chi connectivity index (χ4v) is 0.976. The number of nitrogens with zero attached hydrogens (tertiary/aromatic N) is 1. The first-order valence-corrected chi connectivity index (χ1v) is 4.22. The van der Waals surface area contributed by atoms with Crippen LogP contribution >= 0.6 is 0 Å². The molecule has 4 nitrogen and oxygen atoms in total. The molecule has 1 rings (SSSR count). The number of aryl methyl sites for hydroxylation is 1. The molecule has 1 aromatic rings. The molecule has 0 bridgehead atoms. The summed E-state index contributed by atoms with van der Waals surface area (Å²) in [6.45, 7) is 3.17. The molecule has 1 heterocycles. The number of Topliss-reactive ketones (excluding diaryl/α,β-unsaturated/α-hetero) is 1. The van der Waals surface area contributed by atoms with E-state index in [1.165, 1.54) is 13.1 Å². The predicted octanol–water partition coefficient (Wildman–Crippen LogP) is 1.29. The van der Waals surface area contributed by atoms with Crippen LogP contribution in [0.4, 0.5) is 0 Å². The zero-order valence-corrected chi connectivity index (χ0v) is 8.02. The SMILES string of the molecule is Cc1ccc(C(=O)C(C)C(=O)O)cn1. The van der Waals surface area contributed by atoms with Gasteiger partial charge in [0.05, 0.1) is 0 Å². The monoisotopic (exact) mass is 193 g/mol. The minimum Gasteiger partial charge on any atom is -0.481 e. The summed E-state index contributed by atoms with van der Waals surface area (Å²) in [5.41, 5.74) is 1.13. The van der Waals surface area contributed by atoms with Crippen molar-refractivity contribution in [1.29, 1.82) is 0 Å². The van der Waals surface area contributed by atoms with Crippen molar-refractivity contribution in [2.45, 2.75) is 13.8 Å². The second kappa shape index (κ2) is 4.00. The van der Waals surface area contributed by atoms with Gasteiger partial charge in [-0.3, -0.25) is 14.6 Å². The first kappa shape index (κ1) is 10.4. The lowest BCUT2D eigenvalue weighted by Gasteiger charge is -2.04. The van der Waals surface area contributed by atoms with Gasteiger partial charge in [-0.05, 0) is 26.0 Å². The first-order valence-electron chi connectivity index (χ1n) is 4.22. The molecule has 1 aromatic heterocycles. The van der Waals surface area contributed by atoms with Crippen molar-refractivity contribution in [2.24, 2.45) is 5.92 Å². The van der Waals surface area contributed by atoms with Gasteiger partial charge in [-0.25, -0.2) is 0 Å². The van der Waals surface area contributed by atoms with Crippen molar-refractivity contribution in [2.75, 3.05) is 0 Å². The Bertz CT molecular complexity index is 356. The molecule has 4 heteroatoms. The van der Waals surface area contributed by atoms with E-state index in [4.69, 9.17) is 5.11 Å². The molecule has 0 radical (unpaired) electrons. The summed E-state index contributed by atoms with van der Waals surface area (Å²) in [5, 5.41) is 8.63. The molecule has 0 aliphatic rings. The lowest BCUT2D eigenvalue weighted by molar-refractivity contribution is -0.139. The second-order valence-corrected chi connectivity index (χ2v) is 3.11. The van der Waals surface area contributed by atoms with Gasteiger partial charge in [0.2, 0.25) is 0 Å². The number of carbonyl (C=O) groups is 2. The number of carbonyl (C=O) groups excluding carboxylic acids is 1. The van der Waals surface area contributed by atoms with Gasteiger partial charge in [-0.1, -0.05) is 0 Å². The first-order chi connectivity index (χ1) is 6.52. The number of aliphatic carboxylic acids is 1. The topological polar surface area (TPSA) is 67.3 Å². The summed E-state index contributed by atoms with van der Waals surface area (Å²) in [4.78, 5) is 25.9. The van der Waals surface area contributed by atoms with E-state index in [1.807, 2.05) is 0 Å². The van der Waals surface area contributed by atoms with E-state index in [0.29, 0.717) is 5.56 Å². The van der Waals surface area contributed by atoms with Crippen molar-refractivity contribution in [3.8, 4) is 0 Å². The van der Waals surface area contributed by atoms with Gasteiger partial charge in [0.25, 0.3) is 0 Å². The Morgan fingerprint density at radius 3 is 2.50 bits per heavy atom. The number of hydrogen-bond donors (Lipinski definition) is 1. The van der Waals surface area contributed by atoms with Crippen molar-refractivity contribution in [3.05, 3.63) is 29.6 Å². The van der Waals surface area contributed by atoms with Crippen LogP contribution in [0.2, 0.25) is 0 Å². The smallest absolute Gasteiger partial charge is 0.314 e. The van der Waals surface area contributed by atoms with Crippen LogP contribution in [0.5, 0.6) is 0 Å². The van der Waals surface area contributed by atoms with E-state index in [-0.39, 0.29) is 0 Å². The van der Waals surface area contributed by atoms with E-state index in [9.17, 15) is 9.59 Å². The summed E-state index contributed by atoms with van der Waals surface area (Å²) >= 11 is 0. The lowest BCUT2D eigenvalue weighted by Crippen LogP contribution is -2.20. The second-order valence-electron chi connectivity index (χ2n) is 3.11. The normalized spacial score (nSPS) is 12.1. The lowest BCUT2D eigenvalue weighted by atomic mass is 10.0. The molecule has 1 atom stereocenters. The van der Waals surface area contributed by atoms with Gasteiger partial charge in [-0.2, -0.15) is 0 Å². The molecular formula is C10H11NO3. The maximum absolute atomic E-state index is 11.5. The molecule has 0 spiro atoms. The number of carboxylic acid groups (broad SMARTS) is 1. The summed E-state index contributed by atoms with van der Waals surface area (Å²) < 4.78 is 0. The average Bonchev–Trinajstić information content (AvgIpc) is 2.16. The maximum Gasteiger partial charge on any atom is 0.314 e. The molecule has 0 aliphatic carbocycles. The van der Waals surface area contributed by atoms with Crippen LogP contribution in [-0.4, -0.2) is 21.8 Å². The molecule has 1 N–H and O–H groups in total. The molecule has 0 aromatic carbocycles. The molecule has 14 heavy (non-hydrogen) atoms. The summed E-state index contributed by atoms with van der Waals surface area (Å²) in [7, 11) is 0. The molecule has 0 amide bonds. The van der Waals surface area contributed by atoms with Crippen molar-refractivity contribution < 1.29 is 14.7 Å². The third-order valence-corrected chi connectivity index (χ3v) is 1.96. The summed E-state index contributed by atoms with van der Waals surface area (Å²) in [6.07, 6.45) is 1.40. The number of pyridine rings is 1. The van der Waals surface area contributed by atoms with E-state index in [2.05, 4.69) is 4.98 Å². The molecule has 1 unspecified atom stereocenters. The van der Waals surface area contributed by atoms with Gasteiger partial charge in [0, 0.05) is 17.5 Å². The zero-order chi connectivity index (χ0) is 10.7. The van der Waals surface area contributed by atoms with Crippen LogP contribution < -0.4 is 0 Å². The third kappa shape index (κ3) is 2.16. The van der Waals surface area contributed by atoms with E-state index in [0.717, 1.165) is 5.69 Å². The highest BCUT2D eigenvalue weighted by molar-refractivity contribution is 6.07. The van der Waals surface area contributed by atoms with Gasteiger partial charge in [0.15, 0.2) is 5.78 Å². The van der Waals surface area contributed by atoms with Gasteiger partial charge in [0.1, 0.15) is 5.92 Å². The van der Waals surface area contributed by atoms with Crippen molar-refractivity contribution in [1.82, 2.24) is 4.98 Å². The minimum absolute atomic E-state index is 0.338. The Labute approximate surface area is 81.6 Å². The summed E-state index contributed by atoms with van der Waals surface area (Å²) in [6, 6.07) is 3.27. The van der Waals surface area contributed by atoms with Crippen LogP contribution in [0.3, 0.4) is 0 Å². The average molecular weight is 193 g/mol. The Morgan fingerprint density at radius 2 is 2.07 bits per heavy atom. The number of aromatic nitrogens is 1. The standard InChI is InChI=1S/C10H11NO3/c1-6-3-4-8(5-11-6)9(12)7(2)10(13)14/h3-5,7H,1-2H3,(H,13,14). The minimum atomic E-state index is -1.12. The van der Waals surface area contributed by atoms with E-state index < -0.39 is 17.7 Å². The highest BCUT2D eigenvalue weighted by atomic mass is 16.4. The molecule has 0 saturated heterocycles. The van der Waals surface area contributed by atoms with Crippen LogP contribution in [0.25, 0.3) is 0 Å². The van der Waals surface area contributed by atoms with Crippen LogP contribution in [0.15, 0.2) is 18.3 Å². The van der Waals surface area contributed by atoms with Crippen molar-refractivity contribution >= 4 is 11.8 Å². The fraction of sp³-hybridized carbons (Fsp3) is 0.300. The van der Waals surface area contributed by atoms with Gasteiger partial charge < -0.3 is 5.11 Å². The van der Waals surface area contributed by atoms with Gasteiger partial charge in [-0.15, -0.1) is 0 Å². The molecule has 0 aliphatic heterocycles. The Morgan fingerprint density at radius 1 is 1.43 bits per heavy atom. The molecular weight excluding hydrogens is 182 g/mol. The van der Waals surface area contributed by atoms with Crippen LogP contribution in [0.1, 0.15) is 23.0 Å². The number of carboxylic acids is 1. The Balaban J connectivity index is 2.90. The maximum atomic E-state index is 11.5. The van der Waals surface area contributed by atoms with Crippen molar-refractivity contribution in [3.63, 3.8) is 0 Å². The van der Waals surface area contributed by atoms with Crippen LogP contribution in [0, 0.1) is 12.8 Å². The van der Waals surface area contributed by atoms with E-state index >= 15 is 0 Å². The quantitative estimate of drug-likeness (QED) is 0.580. The Hall–Kier alpha value is -1.71. The largest absolute Gasteiger partial charge is 0.481 e. The number of ketones is 1.